The van der Waals surface area contributed by atoms with Crippen LogP contribution in [0.2, 0.25) is 0 Å². The zero-order chi connectivity index (χ0) is 12.7. The highest BCUT2D eigenvalue weighted by molar-refractivity contribution is 7.79. The van der Waals surface area contributed by atoms with Crippen molar-refractivity contribution < 1.29 is 18.6 Å². The van der Waals surface area contributed by atoms with Crippen molar-refractivity contribution in [3.05, 3.63) is 5.69 Å². The Labute approximate surface area is 98.5 Å². The topological polar surface area (TPSA) is 162 Å². The molecule has 1 atom stereocenters. The molecule has 0 aromatic carbocycles. The van der Waals surface area contributed by atoms with E-state index in [1.165, 1.54) is 0 Å². The maximum atomic E-state index is 10.2. The number of anilines is 1. The number of nitrogens with one attached hydrogen (secondary N) is 2. The minimum atomic E-state index is -2.13. The fraction of sp³-hybridized carbons (Fsp3) is 0.500. The summed E-state index contributed by atoms with van der Waals surface area (Å²) >= 11 is -2.13. The molecular weight excluding hydrogens is 252 g/mol. The van der Waals surface area contributed by atoms with Crippen LogP contribution in [0.25, 0.3) is 0 Å². The van der Waals surface area contributed by atoms with E-state index in [2.05, 4.69) is 30.7 Å². The van der Waals surface area contributed by atoms with Crippen LogP contribution in [-0.4, -0.2) is 49.1 Å². The molecule has 5 N–H and O–H groups in total. The molecule has 1 unspecified atom stereocenters. The summed E-state index contributed by atoms with van der Waals surface area (Å²) in [6, 6.07) is 0. The summed E-state index contributed by atoms with van der Waals surface area (Å²) in [6.45, 7) is 0.758. The van der Waals surface area contributed by atoms with E-state index >= 15 is 0 Å². The summed E-state index contributed by atoms with van der Waals surface area (Å²) in [5, 5.41) is 23.6. The molecule has 11 heteroatoms. The summed E-state index contributed by atoms with van der Waals surface area (Å²) in [6.07, 6.45) is 0. The number of rotatable bonds is 7. The van der Waals surface area contributed by atoms with E-state index in [1.807, 2.05) is 0 Å². The molecule has 0 amide bonds. The number of nitrogens with two attached hydrogens (primary N) is 1. The molecule has 1 aromatic heterocycles. The average molecular weight is 263 g/mol. The predicted molar refractivity (Wildman–Crippen MR) is 57.1 cm³/mol. The van der Waals surface area contributed by atoms with Gasteiger partial charge in [-0.3, -0.25) is 4.21 Å². The first kappa shape index (κ1) is 13.3. The fourth-order valence-corrected chi connectivity index (χ4v) is 1.26. The zero-order valence-electron chi connectivity index (χ0n) is 8.62. The number of hydrogen-bond acceptors (Lipinski definition) is 9. The Kier molecular flexibility index (Phi) is 5.32. The van der Waals surface area contributed by atoms with Gasteiger partial charge in [0.2, 0.25) is 5.82 Å². The SMILES string of the molecule is NC(=NO)c1nonc1NCCNCS(=O)[O-]. The van der Waals surface area contributed by atoms with Crippen LogP contribution >= 0.6 is 0 Å². The summed E-state index contributed by atoms with van der Waals surface area (Å²) in [4.78, 5) is 0. The fourth-order valence-electron chi connectivity index (χ4n) is 0.945. The summed E-state index contributed by atoms with van der Waals surface area (Å²) < 4.78 is 24.8. The Balaban J connectivity index is 2.37. The molecule has 0 aliphatic heterocycles. The van der Waals surface area contributed by atoms with E-state index in [1.54, 1.807) is 0 Å². The molecule has 10 nitrogen and oxygen atoms in total. The van der Waals surface area contributed by atoms with Crippen molar-refractivity contribution >= 4 is 22.7 Å². The lowest BCUT2D eigenvalue weighted by atomic mass is 10.4. The molecule has 1 rings (SSSR count). The second-order valence-electron chi connectivity index (χ2n) is 2.82. The Hall–Kier alpha value is -1.72. The second kappa shape index (κ2) is 6.78. The van der Waals surface area contributed by atoms with E-state index in [0.717, 1.165) is 0 Å². The van der Waals surface area contributed by atoms with Crippen LogP contribution in [0.4, 0.5) is 5.82 Å². The molecule has 0 fully saturated rings. The van der Waals surface area contributed by atoms with Crippen LogP contribution in [0.5, 0.6) is 0 Å². The van der Waals surface area contributed by atoms with Crippen LogP contribution in [0.1, 0.15) is 5.69 Å². The van der Waals surface area contributed by atoms with Crippen molar-refractivity contribution in [3.63, 3.8) is 0 Å². The van der Waals surface area contributed by atoms with E-state index in [9.17, 15) is 8.76 Å². The Morgan fingerprint density at radius 2 is 2.35 bits per heavy atom. The first-order chi connectivity index (χ1) is 8.15. The maximum Gasteiger partial charge on any atom is 0.202 e. The third-order valence-electron chi connectivity index (χ3n) is 1.65. The normalized spacial score (nSPS) is 13.6. The van der Waals surface area contributed by atoms with Gasteiger partial charge < -0.3 is 26.1 Å². The lowest BCUT2D eigenvalue weighted by molar-refractivity contribution is 0.304. The van der Waals surface area contributed by atoms with Gasteiger partial charge in [-0.2, -0.15) is 0 Å². The number of amidine groups is 1. The number of oxime groups is 1. The first-order valence-corrected chi connectivity index (χ1v) is 5.70. The van der Waals surface area contributed by atoms with Crippen molar-refractivity contribution in [1.82, 2.24) is 15.6 Å². The van der Waals surface area contributed by atoms with Gasteiger partial charge in [0.15, 0.2) is 11.5 Å². The molecule has 1 heterocycles. The van der Waals surface area contributed by atoms with Gasteiger partial charge in [-0.15, -0.1) is 0 Å². The molecule has 1 aromatic rings. The maximum absolute atomic E-state index is 10.2. The second-order valence-corrected chi connectivity index (χ2v) is 3.72. The van der Waals surface area contributed by atoms with Crippen LogP contribution in [0.3, 0.4) is 0 Å². The van der Waals surface area contributed by atoms with Gasteiger partial charge in [-0.05, 0) is 21.4 Å². The molecule has 0 bridgehead atoms. The predicted octanol–water partition coefficient (Wildman–Crippen LogP) is -2.00. The summed E-state index contributed by atoms with van der Waals surface area (Å²) in [5.74, 6) is -0.154. The number of hydrogen-bond donors (Lipinski definition) is 4. The van der Waals surface area contributed by atoms with Crippen molar-refractivity contribution in [2.45, 2.75) is 0 Å². The van der Waals surface area contributed by atoms with Gasteiger partial charge in [0.25, 0.3) is 0 Å². The van der Waals surface area contributed by atoms with Gasteiger partial charge >= 0.3 is 0 Å². The van der Waals surface area contributed by atoms with Crippen molar-refractivity contribution in [3.8, 4) is 0 Å². The van der Waals surface area contributed by atoms with E-state index in [4.69, 9.17) is 10.9 Å². The van der Waals surface area contributed by atoms with Crippen LogP contribution in [0, 0.1) is 0 Å². The van der Waals surface area contributed by atoms with Crippen molar-refractivity contribution in [2.24, 2.45) is 10.9 Å². The van der Waals surface area contributed by atoms with Gasteiger partial charge in [0.1, 0.15) is 0 Å². The van der Waals surface area contributed by atoms with Crippen molar-refractivity contribution in [1.29, 1.82) is 0 Å². The molecule has 0 aliphatic rings. The molecule has 96 valence electrons. The smallest absolute Gasteiger partial charge is 0.202 e. The average Bonchev–Trinajstić information content (AvgIpc) is 2.75. The van der Waals surface area contributed by atoms with Crippen molar-refractivity contribution in [2.75, 3.05) is 24.3 Å². The first-order valence-electron chi connectivity index (χ1n) is 4.46. The molecule has 17 heavy (non-hydrogen) atoms. The van der Waals surface area contributed by atoms with E-state index < -0.39 is 11.1 Å². The highest BCUT2D eigenvalue weighted by atomic mass is 32.2. The third-order valence-corrected chi connectivity index (χ3v) is 2.09. The van der Waals surface area contributed by atoms with Crippen LogP contribution in [-0.2, 0) is 11.1 Å². The van der Waals surface area contributed by atoms with Crippen LogP contribution < -0.4 is 16.4 Å². The third kappa shape index (κ3) is 4.34. The van der Waals surface area contributed by atoms with Gasteiger partial charge in [-0.1, -0.05) is 5.16 Å². The molecule has 0 spiro atoms. The zero-order valence-corrected chi connectivity index (χ0v) is 9.44. The Morgan fingerprint density at radius 3 is 3.00 bits per heavy atom. The standard InChI is InChI=1S/C6H12N6O4S/c7-5(10-13)4-6(12-16-11-4)9-2-1-8-3-17(14)15/h8,13H,1-3H2,(H2,7,10)(H,9,12)(H,14,15)/p-1. The van der Waals surface area contributed by atoms with Gasteiger partial charge in [-0.25, -0.2) is 4.63 Å². The minimum absolute atomic E-state index is 0.0832. The molecule has 0 aliphatic carbocycles. The summed E-state index contributed by atoms with van der Waals surface area (Å²) in [5.41, 5.74) is 5.39. The van der Waals surface area contributed by atoms with E-state index in [-0.39, 0.29) is 23.2 Å². The summed E-state index contributed by atoms with van der Waals surface area (Å²) in [7, 11) is 0. The number of aromatic nitrogens is 2. The molecular formula is C6H11N6O4S-. The minimum Gasteiger partial charge on any atom is -0.771 e. The highest BCUT2D eigenvalue weighted by Gasteiger charge is 2.13. The molecule has 0 saturated carbocycles. The lowest BCUT2D eigenvalue weighted by Gasteiger charge is -2.07. The lowest BCUT2D eigenvalue weighted by Crippen LogP contribution is -2.26. The Morgan fingerprint density at radius 1 is 1.59 bits per heavy atom. The quantitative estimate of drug-likeness (QED) is 0.109. The monoisotopic (exact) mass is 263 g/mol. The molecule has 0 saturated heterocycles. The van der Waals surface area contributed by atoms with E-state index in [0.29, 0.717) is 13.1 Å². The molecule has 0 radical (unpaired) electrons. The Bertz CT molecular complexity index is 407. The number of nitrogens with zero attached hydrogens (tertiary/aromatic N) is 3. The highest BCUT2D eigenvalue weighted by Crippen LogP contribution is 2.07. The van der Waals surface area contributed by atoms with Gasteiger partial charge in [0.05, 0.1) is 5.88 Å². The van der Waals surface area contributed by atoms with Gasteiger partial charge in [0, 0.05) is 13.1 Å². The largest absolute Gasteiger partial charge is 0.771 e. The van der Waals surface area contributed by atoms with Crippen LogP contribution in [0.15, 0.2) is 9.78 Å².